The predicted octanol–water partition coefficient (Wildman–Crippen LogP) is 5.92. The van der Waals surface area contributed by atoms with E-state index in [1.807, 2.05) is 36.4 Å². The number of amides is 1. The van der Waals surface area contributed by atoms with Crippen LogP contribution < -0.4 is 10.2 Å². The Bertz CT molecular complexity index is 1380. The smallest absolute Gasteiger partial charge is 0.358 e. The van der Waals surface area contributed by atoms with Crippen molar-refractivity contribution in [1.82, 2.24) is 9.97 Å². The van der Waals surface area contributed by atoms with Gasteiger partial charge in [-0.1, -0.05) is 35.6 Å². The molecule has 10 heteroatoms. The van der Waals surface area contributed by atoms with Gasteiger partial charge in [0.1, 0.15) is 0 Å². The first-order chi connectivity index (χ1) is 17.6. The maximum atomic E-state index is 13.3. The number of aromatic nitrogens is 2. The fourth-order valence-electron chi connectivity index (χ4n) is 4.28. The standard InChI is InChI=1S/C26H25ClN4O3S2/c1-2-34-24(33)22-21(11-6-13-27)36-26(29-22)31-14-12-16-7-5-8-17(18(16)15-31)23(32)30-25-28-19-9-3-4-10-20(19)35-25/h3-5,7-10H,2,6,11-15H2,1H3,(H,28,30,32). The number of carbonyl (C=O) groups excluding carboxylic acids is 2. The Morgan fingerprint density at radius 1 is 1.14 bits per heavy atom. The highest BCUT2D eigenvalue weighted by molar-refractivity contribution is 7.22. The largest absolute Gasteiger partial charge is 0.461 e. The van der Waals surface area contributed by atoms with E-state index in [-0.39, 0.29) is 5.91 Å². The normalized spacial score (nSPS) is 13.0. The molecule has 0 fully saturated rings. The summed E-state index contributed by atoms with van der Waals surface area (Å²) in [6.45, 7) is 3.36. The molecule has 1 N–H and O–H groups in total. The average Bonchev–Trinajstić information content (AvgIpc) is 3.50. The molecule has 1 aliphatic rings. The van der Waals surface area contributed by atoms with E-state index in [1.54, 1.807) is 6.92 Å². The summed E-state index contributed by atoms with van der Waals surface area (Å²) in [5.41, 5.74) is 3.98. The van der Waals surface area contributed by atoms with Gasteiger partial charge in [-0.2, -0.15) is 0 Å². The van der Waals surface area contributed by atoms with Crippen molar-refractivity contribution in [2.75, 3.05) is 29.2 Å². The Hall–Kier alpha value is -3.01. The topological polar surface area (TPSA) is 84.4 Å². The number of hydrogen-bond donors (Lipinski definition) is 1. The Morgan fingerprint density at radius 3 is 2.81 bits per heavy atom. The fraction of sp³-hybridized carbons (Fsp3) is 0.308. The van der Waals surface area contributed by atoms with E-state index in [0.717, 1.165) is 50.7 Å². The van der Waals surface area contributed by atoms with Crippen LogP contribution in [-0.2, 0) is 24.1 Å². The van der Waals surface area contributed by atoms with Crippen molar-refractivity contribution >= 4 is 66.6 Å². The first-order valence-corrected chi connectivity index (χ1v) is 14.0. The molecule has 4 aromatic rings. The number of fused-ring (bicyclic) bond motifs is 2. The number of alkyl halides is 1. The number of ether oxygens (including phenoxy) is 1. The summed E-state index contributed by atoms with van der Waals surface area (Å²) >= 11 is 8.86. The zero-order valence-electron chi connectivity index (χ0n) is 19.8. The number of aryl methyl sites for hydroxylation is 1. The zero-order chi connectivity index (χ0) is 25.1. The van der Waals surface area contributed by atoms with Crippen molar-refractivity contribution in [3.63, 3.8) is 0 Å². The molecule has 1 amide bonds. The van der Waals surface area contributed by atoms with Gasteiger partial charge in [-0.05, 0) is 55.5 Å². The van der Waals surface area contributed by atoms with Crippen LogP contribution in [0.3, 0.4) is 0 Å². The fourth-order valence-corrected chi connectivity index (χ4v) is 6.39. The van der Waals surface area contributed by atoms with E-state index in [2.05, 4.69) is 26.3 Å². The van der Waals surface area contributed by atoms with Crippen LogP contribution in [0.1, 0.15) is 50.2 Å². The molecular weight excluding hydrogens is 516 g/mol. The molecule has 0 spiro atoms. The van der Waals surface area contributed by atoms with E-state index in [9.17, 15) is 9.59 Å². The summed E-state index contributed by atoms with van der Waals surface area (Å²) in [5, 5.41) is 4.32. The maximum absolute atomic E-state index is 13.3. The third-order valence-corrected chi connectivity index (χ3v) is 8.39. The van der Waals surface area contributed by atoms with Crippen LogP contribution in [0.2, 0.25) is 0 Å². The minimum absolute atomic E-state index is 0.179. The molecular formula is C26H25ClN4O3S2. The molecule has 0 unspecified atom stereocenters. The molecule has 0 saturated carbocycles. The van der Waals surface area contributed by atoms with Gasteiger partial charge >= 0.3 is 5.97 Å². The van der Waals surface area contributed by atoms with Crippen molar-refractivity contribution in [3.05, 3.63) is 69.7 Å². The van der Waals surface area contributed by atoms with Gasteiger partial charge in [-0.25, -0.2) is 14.8 Å². The highest BCUT2D eigenvalue weighted by Crippen LogP contribution is 2.33. The Balaban J connectivity index is 1.40. The molecule has 0 saturated heterocycles. The maximum Gasteiger partial charge on any atom is 0.358 e. The van der Waals surface area contributed by atoms with Gasteiger partial charge in [-0.15, -0.1) is 22.9 Å². The lowest BCUT2D eigenvalue weighted by Crippen LogP contribution is -2.32. The summed E-state index contributed by atoms with van der Waals surface area (Å²) in [6, 6.07) is 13.7. The number of para-hydroxylation sites is 1. The van der Waals surface area contributed by atoms with Gasteiger partial charge in [-0.3, -0.25) is 10.1 Å². The van der Waals surface area contributed by atoms with Crippen LogP contribution >= 0.6 is 34.3 Å². The zero-order valence-corrected chi connectivity index (χ0v) is 22.1. The first-order valence-electron chi connectivity index (χ1n) is 11.8. The van der Waals surface area contributed by atoms with Crippen molar-refractivity contribution in [3.8, 4) is 0 Å². The summed E-state index contributed by atoms with van der Waals surface area (Å²) in [4.78, 5) is 38.0. The monoisotopic (exact) mass is 540 g/mol. The lowest BCUT2D eigenvalue weighted by atomic mass is 9.94. The second kappa shape index (κ2) is 10.9. The van der Waals surface area contributed by atoms with Crippen molar-refractivity contribution in [1.29, 1.82) is 0 Å². The average molecular weight is 541 g/mol. The molecule has 3 heterocycles. The second-order valence-electron chi connectivity index (χ2n) is 8.34. The third kappa shape index (κ3) is 5.09. The van der Waals surface area contributed by atoms with Crippen molar-refractivity contribution in [2.45, 2.75) is 32.7 Å². The number of nitrogens with one attached hydrogen (secondary N) is 1. The van der Waals surface area contributed by atoms with Crippen molar-refractivity contribution in [2.24, 2.45) is 0 Å². The molecule has 0 aliphatic carbocycles. The Kier molecular flexibility index (Phi) is 7.50. The van der Waals surface area contributed by atoms with Gasteiger partial charge in [0.05, 0.1) is 16.8 Å². The molecule has 5 rings (SSSR count). The molecule has 1 aliphatic heterocycles. The number of carbonyl (C=O) groups is 2. The van der Waals surface area contributed by atoms with Gasteiger partial charge in [0, 0.05) is 29.4 Å². The van der Waals surface area contributed by atoms with E-state index in [4.69, 9.17) is 16.3 Å². The lowest BCUT2D eigenvalue weighted by molar-refractivity contribution is 0.0519. The quantitative estimate of drug-likeness (QED) is 0.221. The number of esters is 1. The summed E-state index contributed by atoms with van der Waals surface area (Å²) < 4.78 is 6.26. The minimum Gasteiger partial charge on any atom is -0.461 e. The molecule has 0 bridgehead atoms. The SMILES string of the molecule is CCOC(=O)c1nc(N2CCc3cccc(C(=O)Nc4nc5ccccc5s4)c3C2)sc1CCCCl. The number of anilines is 2. The molecule has 0 radical (unpaired) electrons. The van der Waals surface area contributed by atoms with Crippen LogP contribution in [0.4, 0.5) is 10.3 Å². The van der Waals surface area contributed by atoms with E-state index in [0.29, 0.717) is 41.8 Å². The lowest BCUT2D eigenvalue weighted by Gasteiger charge is -2.29. The third-order valence-electron chi connectivity index (χ3n) is 5.99. The van der Waals surface area contributed by atoms with Crippen LogP contribution in [0.25, 0.3) is 10.2 Å². The van der Waals surface area contributed by atoms with Crippen LogP contribution in [0.5, 0.6) is 0 Å². The van der Waals surface area contributed by atoms with Crippen molar-refractivity contribution < 1.29 is 14.3 Å². The number of thiazole rings is 2. The van der Waals surface area contributed by atoms with E-state index >= 15 is 0 Å². The molecule has 36 heavy (non-hydrogen) atoms. The Morgan fingerprint density at radius 2 is 2.00 bits per heavy atom. The number of benzene rings is 2. The predicted molar refractivity (Wildman–Crippen MR) is 146 cm³/mol. The molecule has 2 aromatic carbocycles. The highest BCUT2D eigenvalue weighted by Gasteiger charge is 2.27. The molecule has 0 atom stereocenters. The number of hydrogen-bond acceptors (Lipinski definition) is 8. The van der Waals surface area contributed by atoms with Gasteiger partial charge in [0.15, 0.2) is 16.0 Å². The van der Waals surface area contributed by atoms with E-state index < -0.39 is 5.97 Å². The minimum atomic E-state index is -0.405. The molecule has 7 nitrogen and oxygen atoms in total. The Labute approximate surface area is 222 Å². The van der Waals surface area contributed by atoms with E-state index in [1.165, 1.54) is 22.7 Å². The number of halogens is 1. The number of nitrogens with zero attached hydrogens (tertiary/aromatic N) is 3. The summed E-state index contributed by atoms with van der Waals surface area (Å²) in [7, 11) is 0. The van der Waals surface area contributed by atoms with Crippen LogP contribution in [0, 0.1) is 0 Å². The van der Waals surface area contributed by atoms with Crippen LogP contribution in [-0.4, -0.2) is 40.9 Å². The number of rotatable bonds is 8. The van der Waals surface area contributed by atoms with Crippen LogP contribution in [0.15, 0.2) is 42.5 Å². The summed E-state index contributed by atoms with van der Waals surface area (Å²) in [5.74, 6) is -0.0699. The molecule has 186 valence electrons. The first kappa shape index (κ1) is 24.7. The van der Waals surface area contributed by atoms with Gasteiger partial charge < -0.3 is 9.64 Å². The second-order valence-corrected chi connectivity index (χ2v) is 10.8. The van der Waals surface area contributed by atoms with Gasteiger partial charge in [0.25, 0.3) is 5.91 Å². The van der Waals surface area contributed by atoms with Gasteiger partial charge in [0.2, 0.25) is 0 Å². The summed E-state index contributed by atoms with van der Waals surface area (Å²) in [6.07, 6.45) is 2.22. The molecule has 2 aromatic heterocycles. The highest BCUT2D eigenvalue weighted by atomic mass is 35.5.